The van der Waals surface area contributed by atoms with Crippen molar-refractivity contribution in [3.05, 3.63) is 34.3 Å². The Morgan fingerprint density at radius 3 is 2.83 bits per heavy atom. The Morgan fingerprint density at radius 2 is 2.17 bits per heavy atom. The first-order chi connectivity index (χ1) is 8.49. The Kier molecular flexibility index (Phi) is 3.47. The van der Waals surface area contributed by atoms with Crippen LogP contribution in [0.15, 0.2) is 28.7 Å². The number of carbonyl (C=O) groups is 3. The van der Waals surface area contributed by atoms with E-state index < -0.39 is 17.9 Å². The molecule has 1 saturated heterocycles. The van der Waals surface area contributed by atoms with Crippen molar-refractivity contribution >= 4 is 33.7 Å². The molecule has 1 aliphatic rings. The molecule has 1 aromatic carbocycles. The summed E-state index contributed by atoms with van der Waals surface area (Å²) in [6.45, 7) is 1.50. The maximum atomic E-state index is 12.2. The third kappa shape index (κ3) is 2.43. The van der Waals surface area contributed by atoms with E-state index in [0.29, 0.717) is 5.56 Å². The van der Waals surface area contributed by atoms with E-state index in [1.165, 1.54) is 4.90 Å². The molecule has 1 unspecified atom stereocenters. The number of nitrogens with zero attached hydrogens (tertiary/aromatic N) is 1. The lowest BCUT2D eigenvalue weighted by Crippen LogP contribution is -2.58. The molecule has 1 aliphatic heterocycles. The highest BCUT2D eigenvalue weighted by Gasteiger charge is 2.33. The van der Waals surface area contributed by atoms with Gasteiger partial charge in [-0.2, -0.15) is 0 Å². The van der Waals surface area contributed by atoms with Crippen molar-refractivity contribution in [3.63, 3.8) is 0 Å². The van der Waals surface area contributed by atoms with Crippen LogP contribution in [0.5, 0.6) is 0 Å². The van der Waals surface area contributed by atoms with E-state index in [-0.39, 0.29) is 12.5 Å². The van der Waals surface area contributed by atoms with Gasteiger partial charge in [-0.3, -0.25) is 19.7 Å². The number of hydrogen-bond donors (Lipinski definition) is 1. The van der Waals surface area contributed by atoms with Crippen molar-refractivity contribution in [3.8, 4) is 0 Å². The van der Waals surface area contributed by atoms with Crippen LogP contribution in [0.25, 0.3) is 0 Å². The highest BCUT2D eigenvalue weighted by atomic mass is 79.9. The number of halogens is 1. The topological polar surface area (TPSA) is 66.5 Å². The van der Waals surface area contributed by atoms with Gasteiger partial charge in [-0.15, -0.1) is 0 Å². The first-order valence-electron chi connectivity index (χ1n) is 5.39. The zero-order valence-corrected chi connectivity index (χ0v) is 11.2. The summed E-state index contributed by atoms with van der Waals surface area (Å²) in [6.07, 6.45) is 0. The van der Waals surface area contributed by atoms with Gasteiger partial charge in [0.1, 0.15) is 12.6 Å². The zero-order chi connectivity index (χ0) is 13.3. The van der Waals surface area contributed by atoms with Crippen LogP contribution in [0.3, 0.4) is 0 Å². The van der Waals surface area contributed by atoms with Gasteiger partial charge in [-0.1, -0.05) is 22.0 Å². The highest BCUT2D eigenvalue weighted by Crippen LogP contribution is 2.16. The predicted molar refractivity (Wildman–Crippen MR) is 67.8 cm³/mol. The van der Waals surface area contributed by atoms with Gasteiger partial charge >= 0.3 is 0 Å². The van der Waals surface area contributed by atoms with Gasteiger partial charge in [0.15, 0.2) is 0 Å². The van der Waals surface area contributed by atoms with E-state index in [9.17, 15) is 14.4 Å². The molecule has 0 aromatic heterocycles. The lowest BCUT2D eigenvalue weighted by atomic mass is 10.1. The van der Waals surface area contributed by atoms with Crippen LogP contribution in [0.4, 0.5) is 0 Å². The molecule has 0 radical (unpaired) electrons. The molecule has 18 heavy (non-hydrogen) atoms. The fourth-order valence-corrected chi connectivity index (χ4v) is 2.15. The van der Waals surface area contributed by atoms with E-state index in [4.69, 9.17) is 0 Å². The van der Waals surface area contributed by atoms with Gasteiger partial charge in [0.25, 0.3) is 5.91 Å². The summed E-state index contributed by atoms with van der Waals surface area (Å²) in [6, 6.07) is 6.19. The van der Waals surface area contributed by atoms with Gasteiger partial charge < -0.3 is 4.90 Å². The van der Waals surface area contributed by atoms with Gasteiger partial charge in [0, 0.05) is 10.0 Å². The molecule has 1 fully saturated rings. The largest absolute Gasteiger partial charge is 0.318 e. The average Bonchev–Trinajstić information content (AvgIpc) is 2.33. The Bertz CT molecular complexity index is 530. The van der Waals surface area contributed by atoms with Gasteiger partial charge in [0.05, 0.1) is 0 Å². The van der Waals surface area contributed by atoms with E-state index in [0.717, 1.165) is 4.47 Å². The van der Waals surface area contributed by atoms with Gasteiger partial charge in [0.2, 0.25) is 11.8 Å². The quantitative estimate of drug-likeness (QED) is 0.785. The first kappa shape index (κ1) is 12.8. The molecule has 1 heterocycles. The minimum Gasteiger partial charge on any atom is -0.318 e. The van der Waals surface area contributed by atoms with Crippen LogP contribution in [0, 0.1) is 0 Å². The van der Waals surface area contributed by atoms with Crippen molar-refractivity contribution < 1.29 is 14.4 Å². The minimum absolute atomic E-state index is 0.0990. The van der Waals surface area contributed by atoms with Crippen LogP contribution >= 0.6 is 15.9 Å². The summed E-state index contributed by atoms with van der Waals surface area (Å²) in [4.78, 5) is 36.3. The molecule has 1 aromatic rings. The molecule has 6 heteroatoms. The molecular weight excluding hydrogens is 300 g/mol. The number of benzene rings is 1. The van der Waals surface area contributed by atoms with Crippen LogP contribution < -0.4 is 5.32 Å². The van der Waals surface area contributed by atoms with Crippen molar-refractivity contribution in [2.45, 2.75) is 13.0 Å². The Balaban J connectivity index is 2.27. The number of piperazine rings is 1. The Morgan fingerprint density at radius 1 is 1.44 bits per heavy atom. The second-order valence-corrected chi connectivity index (χ2v) is 4.95. The van der Waals surface area contributed by atoms with Crippen LogP contribution in [-0.2, 0) is 9.59 Å². The fourth-order valence-electron chi connectivity index (χ4n) is 1.75. The van der Waals surface area contributed by atoms with Crippen molar-refractivity contribution in [2.24, 2.45) is 0 Å². The lowest BCUT2D eigenvalue weighted by Gasteiger charge is -2.31. The third-order valence-corrected chi connectivity index (χ3v) is 3.25. The number of carbonyl (C=O) groups excluding carboxylic acids is 3. The zero-order valence-electron chi connectivity index (χ0n) is 9.64. The van der Waals surface area contributed by atoms with Crippen LogP contribution in [0.2, 0.25) is 0 Å². The Hall–Kier alpha value is -1.69. The number of amides is 3. The van der Waals surface area contributed by atoms with Gasteiger partial charge in [-0.05, 0) is 25.1 Å². The molecule has 0 spiro atoms. The second kappa shape index (κ2) is 4.89. The predicted octanol–water partition coefficient (Wildman–Crippen LogP) is 0.936. The molecule has 94 valence electrons. The summed E-state index contributed by atoms with van der Waals surface area (Å²) >= 11 is 3.28. The lowest BCUT2D eigenvalue weighted by molar-refractivity contribution is -0.138. The summed E-state index contributed by atoms with van der Waals surface area (Å²) in [5.74, 6) is -1.23. The normalized spacial score (nSPS) is 19.7. The maximum absolute atomic E-state index is 12.2. The van der Waals surface area contributed by atoms with Crippen molar-refractivity contribution in [1.82, 2.24) is 10.2 Å². The summed E-state index contributed by atoms with van der Waals surface area (Å²) in [7, 11) is 0. The second-order valence-electron chi connectivity index (χ2n) is 4.03. The molecule has 0 bridgehead atoms. The highest BCUT2D eigenvalue weighted by molar-refractivity contribution is 9.10. The minimum atomic E-state index is -0.644. The first-order valence-corrected chi connectivity index (χ1v) is 6.18. The standard InChI is InChI=1S/C12H11BrN2O3/c1-7-11(17)14-10(16)6-15(7)12(18)8-3-2-4-9(13)5-8/h2-5,7H,6H2,1H3,(H,14,16,17). The summed E-state index contributed by atoms with van der Waals surface area (Å²) in [5, 5.41) is 2.20. The van der Waals surface area contributed by atoms with Crippen molar-refractivity contribution in [1.29, 1.82) is 0 Å². The van der Waals surface area contributed by atoms with E-state index >= 15 is 0 Å². The molecule has 1 N–H and O–H groups in total. The molecule has 0 aliphatic carbocycles. The van der Waals surface area contributed by atoms with Crippen molar-refractivity contribution in [2.75, 3.05) is 6.54 Å². The van der Waals surface area contributed by atoms with Crippen LogP contribution in [-0.4, -0.2) is 35.2 Å². The molecular formula is C12H11BrN2O3. The molecule has 1 atom stereocenters. The number of hydrogen-bond acceptors (Lipinski definition) is 3. The fraction of sp³-hybridized carbons (Fsp3) is 0.250. The smallest absolute Gasteiger partial charge is 0.255 e. The molecule has 3 amide bonds. The average molecular weight is 311 g/mol. The monoisotopic (exact) mass is 310 g/mol. The Labute approximate surface area is 112 Å². The van der Waals surface area contributed by atoms with E-state index in [1.807, 2.05) is 0 Å². The summed E-state index contributed by atoms with van der Waals surface area (Å²) in [5.41, 5.74) is 0.443. The molecule has 5 nitrogen and oxygen atoms in total. The van der Waals surface area contributed by atoms with Gasteiger partial charge in [-0.25, -0.2) is 0 Å². The molecule has 0 saturated carbocycles. The number of nitrogens with one attached hydrogen (secondary N) is 1. The SMILES string of the molecule is CC1C(=O)NC(=O)CN1C(=O)c1cccc(Br)c1. The summed E-state index contributed by atoms with van der Waals surface area (Å²) < 4.78 is 0.772. The number of rotatable bonds is 1. The molecule has 2 rings (SSSR count). The number of imide groups is 1. The van der Waals surface area contributed by atoms with Crippen LogP contribution in [0.1, 0.15) is 17.3 Å². The van der Waals surface area contributed by atoms with E-state index in [2.05, 4.69) is 21.2 Å². The van der Waals surface area contributed by atoms with E-state index in [1.54, 1.807) is 31.2 Å². The third-order valence-electron chi connectivity index (χ3n) is 2.76. The maximum Gasteiger partial charge on any atom is 0.255 e.